The number of fused-ring (bicyclic) bond motifs is 2. The van der Waals surface area contributed by atoms with Gasteiger partial charge in [0.2, 0.25) is 0 Å². The number of benzene rings is 1. The van der Waals surface area contributed by atoms with Crippen molar-refractivity contribution in [1.82, 2.24) is 0 Å². The third-order valence-corrected chi connectivity index (χ3v) is 6.91. The van der Waals surface area contributed by atoms with E-state index in [0.29, 0.717) is 12.3 Å². The predicted molar refractivity (Wildman–Crippen MR) is 78.1 cm³/mol. The maximum Gasteiger partial charge on any atom is 0.297 e. The lowest BCUT2D eigenvalue weighted by Gasteiger charge is -2.35. The Morgan fingerprint density at radius 2 is 1.90 bits per heavy atom. The average Bonchev–Trinajstić information content (AvgIpc) is 2.81. The molecule has 1 aromatic carbocycles. The van der Waals surface area contributed by atoms with E-state index in [-0.39, 0.29) is 22.7 Å². The molecule has 5 heteroatoms. The highest BCUT2D eigenvalue weighted by Crippen LogP contribution is 2.63. The van der Waals surface area contributed by atoms with Crippen LogP contribution < -0.4 is 0 Å². The molecule has 0 amide bonds. The standard InChI is InChI=1S/C16H20O4S/c1-15(2)12-8-9-16(15,14(17)10-12)11-20-21(18,19)13-6-4-3-5-7-13/h3-7,12H,8-11H2,1-2H3. The SMILES string of the molecule is CC1(C)C2CCC1(COS(=O)(=O)c1ccccc1)C(=O)C2. The third-order valence-electron chi connectivity index (χ3n) is 5.63. The first-order valence-electron chi connectivity index (χ1n) is 7.27. The predicted octanol–water partition coefficient (Wildman–Crippen LogP) is 2.79. The summed E-state index contributed by atoms with van der Waals surface area (Å²) in [5.41, 5.74) is -0.824. The van der Waals surface area contributed by atoms with Crippen LogP contribution in [0.5, 0.6) is 0 Å². The summed E-state index contributed by atoms with van der Waals surface area (Å²) in [5, 5.41) is 0. The summed E-state index contributed by atoms with van der Waals surface area (Å²) in [4.78, 5) is 12.5. The van der Waals surface area contributed by atoms with Crippen LogP contribution in [-0.2, 0) is 19.1 Å². The molecule has 0 N–H and O–H groups in total. The van der Waals surface area contributed by atoms with Crippen molar-refractivity contribution >= 4 is 15.9 Å². The largest absolute Gasteiger partial charge is 0.299 e. The normalized spacial score (nSPS) is 30.8. The summed E-state index contributed by atoms with van der Waals surface area (Å²) >= 11 is 0. The van der Waals surface area contributed by atoms with Crippen molar-refractivity contribution in [3.05, 3.63) is 30.3 Å². The monoisotopic (exact) mass is 308 g/mol. The molecule has 0 radical (unpaired) electrons. The Morgan fingerprint density at radius 3 is 2.43 bits per heavy atom. The number of carbonyl (C=O) groups is 1. The number of ketones is 1. The van der Waals surface area contributed by atoms with Gasteiger partial charge < -0.3 is 0 Å². The van der Waals surface area contributed by atoms with Crippen molar-refractivity contribution < 1.29 is 17.4 Å². The highest BCUT2D eigenvalue weighted by atomic mass is 32.2. The van der Waals surface area contributed by atoms with Gasteiger partial charge in [0, 0.05) is 6.42 Å². The number of rotatable bonds is 4. The molecule has 3 rings (SSSR count). The zero-order chi connectivity index (χ0) is 15.3. The minimum Gasteiger partial charge on any atom is -0.299 e. The van der Waals surface area contributed by atoms with Crippen LogP contribution in [0.3, 0.4) is 0 Å². The molecule has 2 unspecified atom stereocenters. The van der Waals surface area contributed by atoms with Gasteiger partial charge in [-0.1, -0.05) is 32.0 Å². The van der Waals surface area contributed by atoms with Crippen LogP contribution >= 0.6 is 0 Å². The van der Waals surface area contributed by atoms with Crippen LogP contribution in [0.25, 0.3) is 0 Å². The molecule has 0 aliphatic heterocycles. The molecular formula is C16H20O4S. The first-order valence-corrected chi connectivity index (χ1v) is 8.68. The van der Waals surface area contributed by atoms with Gasteiger partial charge >= 0.3 is 0 Å². The smallest absolute Gasteiger partial charge is 0.297 e. The lowest BCUT2D eigenvalue weighted by molar-refractivity contribution is -0.131. The van der Waals surface area contributed by atoms with E-state index in [1.807, 2.05) is 0 Å². The zero-order valence-electron chi connectivity index (χ0n) is 12.3. The fraction of sp³-hybridized carbons (Fsp3) is 0.562. The van der Waals surface area contributed by atoms with Crippen LogP contribution in [-0.4, -0.2) is 20.8 Å². The van der Waals surface area contributed by atoms with E-state index in [2.05, 4.69) is 13.8 Å². The van der Waals surface area contributed by atoms with Gasteiger partial charge in [0.25, 0.3) is 10.1 Å². The van der Waals surface area contributed by atoms with Crippen molar-refractivity contribution in [2.24, 2.45) is 16.7 Å². The second kappa shape index (κ2) is 4.65. The molecule has 2 bridgehead atoms. The van der Waals surface area contributed by atoms with Gasteiger partial charge in [-0.25, -0.2) is 0 Å². The van der Waals surface area contributed by atoms with E-state index in [1.54, 1.807) is 18.2 Å². The molecule has 21 heavy (non-hydrogen) atoms. The van der Waals surface area contributed by atoms with Crippen molar-refractivity contribution in [2.75, 3.05) is 6.61 Å². The number of carbonyl (C=O) groups excluding carboxylic acids is 1. The van der Waals surface area contributed by atoms with Gasteiger partial charge in [0.1, 0.15) is 5.78 Å². The second-order valence-corrected chi connectivity index (χ2v) is 8.31. The third kappa shape index (κ3) is 2.06. The Labute approximate surface area is 125 Å². The molecule has 2 aliphatic rings. The summed E-state index contributed by atoms with van der Waals surface area (Å²) in [5.74, 6) is 0.514. The van der Waals surface area contributed by atoms with E-state index >= 15 is 0 Å². The fourth-order valence-corrected chi connectivity index (χ4v) is 4.92. The van der Waals surface area contributed by atoms with Crippen molar-refractivity contribution in [3.8, 4) is 0 Å². The van der Waals surface area contributed by atoms with E-state index < -0.39 is 15.5 Å². The maximum absolute atomic E-state index is 12.4. The Bertz CT molecular complexity index is 663. The first kappa shape index (κ1) is 14.7. The first-order chi connectivity index (χ1) is 9.80. The zero-order valence-corrected chi connectivity index (χ0v) is 13.2. The Balaban J connectivity index is 1.84. The summed E-state index contributed by atoms with van der Waals surface area (Å²) in [6.45, 7) is 4.09. The van der Waals surface area contributed by atoms with Crippen molar-refractivity contribution in [3.63, 3.8) is 0 Å². The molecule has 0 heterocycles. The molecular weight excluding hydrogens is 288 g/mol. The van der Waals surface area contributed by atoms with Crippen molar-refractivity contribution in [2.45, 2.75) is 38.0 Å². The molecule has 0 spiro atoms. The van der Waals surface area contributed by atoms with Gasteiger partial charge in [-0.15, -0.1) is 0 Å². The summed E-state index contributed by atoms with van der Waals surface area (Å²) < 4.78 is 29.8. The van der Waals surface area contributed by atoms with E-state index in [9.17, 15) is 13.2 Å². The summed E-state index contributed by atoms with van der Waals surface area (Å²) in [7, 11) is -3.80. The lowest BCUT2D eigenvalue weighted by Crippen LogP contribution is -2.40. The van der Waals surface area contributed by atoms with E-state index in [4.69, 9.17) is 4.18 Å². The van der Waals surface area contributed by atoms with Gasteiger partial charge in [-0.2, -0.15) is 8.42 Å². The fourth-order valence-electron chi connectivity index (χ4n) is 3.94. The van der Waals surface area contributed by atoms with Gasteiger partial charge in [-0.05, 0) is 36.3 Å². The van der Waals surface area contributed by atoms with Gasteiger partial charge in [0.15, 0.2) is 0 Å². The highest BCUT2D eigenvalue weighted by molar-refractivity contribution is 7.86. The summed E-state index contributed by atoms with van der Waals surface area (Å²) in [6.07, 6.45) is 2.27. The Kier molecular flexibility index (Phi) is 3.26. The number of hydrogen-bond acceptors (Lipinski definition) is 4. The topological polar surface area (TPSA) is 60.4 Å². The maximum atomic E-state index is 12.4. The van der Waals surface area contributed by atoms with Crippen LogP contribution in [0.4, 0.5) is 0 Å². The van der Waals surface area contributed by atoms with E-state index in [0.717, 1.165) is 12.8 Å². The molecule has 1 aromatic rings. The van der Waals surface area contributed by atoms with Crippen LogP contribution in [0, 0.1) is 16.7 Å². The number of Topliss-reactive ketones (excluding diaryl/α,β-unsaturated/α-hetero) is 1. The quantitative estimate of drug-likeness (QED) is 0.803. The molecule has 2 atom stereocenters. The minimum atomic E-state index is -3.80. The average molecular weight is 308 g/mol. The summed E-state index contributed by atoms with van der Waals surface area (Å²) in [6, 6.07) is 8.08. The molecule has 2 saturated carbocycles. The number of hydrogen-bond donors (Lipinski definition) is 0. The highest BCUT2D eigenvalue weighted by Gasteiger charge is 2.64. The van der Waals surface area contributed by atoms with E-state index in [1.165, 1.54) is 12.1 Å². The van der Waals surface area contributed by atoms with Crippen LogP contribution in [0.15, 0.2) is 35.2 Å². The second-order valence-electron chi connectivity index (χ2n) is 6.70. The minimum absolute atomic E-state index is 0.0352. The molecule has 0 aromatic heterocycles. The van der Waals surface area contributed by atoms with Crippen molar-refractivity contribution in [1.29, 1.82) is 0 Å². The molecule has 2 aliphatic carbocycles. The van der Waals surface area contributed by atoms with Gasteiger partial charge in [0.05, 0.1) is 16.9 Å². The molecule has 4 nitrogen and oxygen atoms in total. The van der Waals surface area contributed by atoms with Crippen LogP contribution in [0.2, 0.25) is 0 Å². The Hall–Kier alpha value is -1.20. The molecule has 114 valence electrons. The van der Waals surface area contributed by atoms with Gasteiger partial charge in [-0.3, -0.25) is 8.98 Å². The lowest BCUT2D eigenvalue weighted by atomic mass is 9.69. The van der Waals surface area contributed by atoms with Crippen LogP contribution in [0.1, 0.15) is 33.1 Å². The molecule has 0 saturated heterocycles. The Morgan fingerprint density at radius 1 is 1.24 bits per heavy atom. The molecule has 2 fully saturated rings.